The van der Waals surface area contributed by atoms with E-state index < -0.39 is 12.0 Å². The summed E-state index contributed by atoms with van der Waals surface area (Å²) in [6.07, 6.45) is -0.847. The topological polar surface area (TPSA) is 107 Å². The van der Waals surface area contributed by atoms with Crippen molar-refractivity contribution in [1.29, 1.82) is 0 Å². The van der Waals surface area contributed by atoms with E-state index in [-0.39, 0.29) is 5.91 Å². The van der Waals surface area contributed by atoms with E-state index in [1.54, 1.807) is 41.7 Å². The van der Waals surface area contributed by atoms with Crippen LogP contribution in [-0.4, -0.2) is 18.9 Å². The molecule has 1 unspecified atom stereocenters. The Balaban J connectivity index is 1.79. The average molecular weight is 381 g/mol. The SMILES string of the molecule is COC(C(N)=O)c1ccc(C(=O)Nc2cc(-c3cccs3)ccc2N)cc1. The molecule has 1 aromatic heterocycles. The Hall–Kier alpha value is -3.16. The largest absolute Gasteiger partial charge is 0.397 e. The van der Waals surface area contributed by atoms with Crippen LogP contribution < -0.4 is 16.8 Å². The number of primary amides is 1. The first-order valence-corrected chi connectivity index (χ1v) is 9.04. The van der Waals surface area contributed by atoms with Crippen LogP contribution in [0, 0.1) is 0 Å². The van der Waals surface area contributed by atoms with Gasteiger partial charge in [-0.05, 0) is 46.8 Å². The van der Waals surface area contributed by atoms with Gasteiger partial charge in [0.25, 0.3) is 11.8 Å². The zero-order valence-corrected chi connectivity index (χ0v) is 15.5. The molecule has 1 heterocycles. The molecule has 0 aliphatic heterocycles. The van der Waals surface area contributed by atoms with Crippen LogP contribution in [0.5, 0.6) is 0 Å². The monoisotopic (exact) mass is 381 g/mol. The number of hydrogen-bond donors (Lipinski definition) is 3. The summed E-state index contributed by atoms with van der Waals surface area (Å²) in [4.78, 5) is 25.0. The Morgan fingerprint density at radius 1 is 1.11 bits per heavy atom. The van der Waals surface area contributed by atoms with Crippen LogP contribution in [0.3, 0.4) is 0 Å². The van der Waals surface area contributed by atoms with Crippen LogP contribution in [0.4, 0.5) is 11.4 Å². The van der Waals surface area contributed by atoms with Crippen molar-refractivity contribution in [3.05, 3.63) is 71.1 Å². The average Bonchev–Trinajstić information content (AvgIpc) is 3.19. The molecule has 6 nitrogen and oxygen atoms in total. The van der Waals surface area contributed by atoms with Gasteiger partial charge in [-0.3, -0.25) is 9.59 Å². The van der Waals surface area contributed by atoms with E-state index in [4.69, 9.17) is 16.2 Å². The molecule has 0 spiro atoms. The lowest BCUT2D eigenvalue weighted by atomic mass is 10.1. The molecule has 0 aliphatic rings. The molecule has 0 aliphatic carbocycles. The molecule has 5 N–H and O–H groups in total. The highest BCUT2D eigenvalue weighted by Crippen LogP contribution is 2.30. The van der Waals surface area contributed by atoms with Gasteiger partial charge in [-0.15, -0.1) is 11.3 Å². The number of benzene rings is 2. The van der Waals surface area contributed by atoms with E-state index in [9.17, 15) is 9.59 Å². The second-order valence-electron chi connectivity index (χ2n) is 5.87. The van der Waals surface area contributed by atoms with E-state index in [1.807, 2.05) is 29.6 Å². The number of hydrogen-bond acceptors (Lipinski definition) is 5. The van der Waals surface area contributed by atoms with Crippen molar-refractivity contribution < 1.29 is 14.3 Å². The number of thiophene rings is 1. The van der Waals surface area contributed by atoms with Crippen molar-refractivity contribution in [3.63, 3.8) is 0 Å². The number of anilines is 2. The number of nitrogens with one attached hydrogen (secondary N) is 1. The van der Waals surface area contributed by atoms with Gasteiger partial charge in [0.2, 0.25) is 0 Å². The molecule has 138 valence electrons. The minimum absolute atomic E-state index is 0.301. The van der Waals surface area contributed by atoms with Gasteiger partial charge in [0.15, 0.2) is 6.10 Å². The Morgan fingerprint density at radius 3 is 2.44 bits per heavy atom. The fraction of sp³-hybridized carbons (Fsp3) is 0.100. The lowest BCUT2D eigenvalue weighted by Gasteiger charge is -2.13. The first-order valence-electron chi connectivity index (χ1n) is 8.16. The highest BCUT2D eigenvalue weighted by molar-refractivity contribution is 7.13. The summed E-state index contributed by atoms with van der Waals surface area (Å²) in [6, 6.07) is 16.0. The third-order valence-corrected chi connectivity index (χ3v) is 5.00. The Kier molecular flexibility index (Phi) is 5.54. The number of ether oxygens (including phenoxy) is 1. The van der Waals surface area contributed by atoms with Gasteiger partial charge in [0.05, 0.1) is 11.4 Å². The Bertz CT molecular complexity index is 953. The minimum Gasteiger partial charge on any atom is -0.397 e. The molecule has 7 heteroatoms. The van der Waals surface area contributed by atoms with Crippen molar-refractivity contribution >= 4 is 34.5 Å². The fourth-order valence-corrected chi connectivity index (χ4v) is 3.40. The number of rotatable bonds is 6. The molecular weight excluding hydrogens is 362 g/mol. The van der Waals surface area contributed by atoms with E-state index in [1.165, 1.54) is 7.11 Å². The lowest BCUT2D eigenvalue weighted by molar-refractivity contribution is -0.128. The van der Waals surface area contributed by atoms with Gasteiger partial charge in [0, 0.05) is 17.6 Å². The highest BCUT2D eigenvalue weighted by Gasteiger charge is 2.17. The molecule has 3 aromatic rings. The molecule has 0 fully saturated rings. The third-order valence-electron chi connectivity index (χ3n) is 4.08. The van der Waals surface area contributed by atoms with Gasteiger partial charge in [-0.25, -0.2) is 0 Å². The van der Waals surface area contributed by atoms with Crippen LogP contribution in [0.25, 0.3) is 10.4 Å². The lowest BCUT2D eigenvalue weighted by Crippen LogP contribution is -2.23. The van der Waals surface area contributed by atoms with Crippen molar-refractivity contribution in [1.82, 2.24) is 0 Å². The number of carbonyl (C=O) groups excluding carboxylic acids is 2. The normalized spacial score (nSPS) is 11.7. The minimum atomic E-state index is -0.847. The smallest absolute Gasteiger partial charge is 0.255 e. The standard InChI is InChI=1S/C20H19N3O3S/c1-26-18(19(22)24)12-4-6-13(7-5-12)20(25)23-16-11-14(8-9-15(16)21)17-3-2-10-27-17/h2-11,18H,21H2,1H3,(H2,22,24)(H,23,25). The molecule has 0 bridgehead atoms. The number of nitrogens with two attached hydrogens (primary N) is 2. The predicted octanol–water partition coefficient (Wildman–Crippen LogP) is 3.42. The van der Waals surface area contributed by atoms with E-state index in [0.717, 1.165) is 10.4 Å². The zero-order chi connectivity index (χ0) is 19.4. The van der Waals surface area contributed by atoms with Crippen LogP contribution in [0.15, 0.2) is 60.0 Å². The van der Waals surface area contributed by atoms with Crippen LogP contribution in [0.2, 0.25) is 0 Å². The first kappa shape index (κ1) is 18.6. The highest BCUT2D eigenvalue weighted by atomic mass is 32.1. The summed E-state index contributed by atoms with van der Waals surface area (Å²) in [7, 11) is 1.40. The molecule has 2 aromatic carbocycles. The predicted molar refractivity (Wildman–Crippen MR) is 108 cm³/mol. The van der Waals surface area contributed by atoms with Gasteiger partial charge in [-0.1, -0.05) is 24.3 Å². The molecule has 0 saturated carbocycles. The first-order chi connectivity index (χ1) is 13.0. The maximum atomic E-state index is 12.6. The maximum absolute atomic E-state index is 12.6. The number of nitrogen functional groups attached to an aromatic ring is 1. The van der Waals surface area contributed by atoms with Crippen LogP contribution in [-0.2, 0) is 9.53 Å². The second kappa shape index (κ2) is 8.03. The van der Waals surface area contributed by atoms with Gasteiger partial charge >= 0.3 is 0 Å². The van der Waals surface area contributed by atoms with E-state index in [0.29, 0.717) is 22.5 Å². The Labute approximate surface area is 160 Å². The van der Waals surface area contributed by atoms with Crippen LogP contribution >= 0.6 is 11.3 Å². The van der Waals surface area contributed by atoms with Crippen molar-refractivity contribution in [2.75, 3.05) is 18.2 Å². The van der Waals surface area contributed by atoms with Gasteiger partial charge in [-0.2, -0.15) is 0 Å². The summed E-state index contributed by atoms with van der Waals surface area (Å²) < 4.78 is 5.07. The number of methoxy groups -OCH3 is 1. The zero-order valence-electron chi connectivity index (χ0n) is 14.6. The molecular formula is C20H19N3O3S. The summed E-state index contributed by atoms with van der Waals surface area (Å²) in [5.41, 5.74) is 14.3. The third kappa shape index (κ3) is 4.16. The maximum Gasteiger partial charge on any atom is 0.255 e. The van der Waals surface area contributed by atoms with Crippen molar-refractivity contribution in [3.8, 4) is 10.4 Å². The molecule has 0 saturated heterocycles. The molecule has 0 radical (unpaired) electrons. The number of amides is 2. The molecule has 27 heavy (non-hydrogen) atoms. The summed E-state index contributed by atoms with van der Waals surface area (Å²) in [5, 5.41) is 4.82. The summed E-state index contributed by atoms with van der Waals surface area (Å²) in [5.74, 6) is -0.891. The van der Waals surface area contributed by atoms with Crippen molar-refractivity contribution in [2.24, 2.45) is 5.73 Å². The summed E-state index contributed by atoms with van der Waals surface area (Å²) >= 11 is 1.61. The van der Waals surface area contributed by atoms with Crippen LogP contribution in [0.1, 0.15) is 22.0 Å². The summed E-state index contributed by atoms with van der Waals surface area (Å²) in [6.45, 7) is 0. The molecule has 3 rings (SSSR count). The van der Waals surface area contributed by atoms with E-state index in [2.05, 4.69) is 5.32 Å². The molecule has 1 atom stereocenters. The molecule has 2 amide bonds. The second-order valence-corrected chi connectivity index (χ2v) is 6.82. The van der Waals surface area contributed by atoms with E-state index >= 15 is 0 Å². The fourth-order valence-electron chi connectivity index (χ4n) is 2.68. The van der Waals surface area contributed by atoms with Gasteiger partial charge < -0.3 is 21.5 Å². The Morgan fingerprint density at radius 2 is 1.85 bits per heavy atom. The number of carbonyl (C=O) groups is 2. The van der Waals surface area contributed by atoms with Gasteiger partial charge in [0.1, 0.15) is 0 Å². The van der Waals surface area contributed by atoms with Crippen molar-refractivity contribution in [2.45, 2.75) is 6.10 Å². The quantitative estimate of drug-likeness (QED) is 0.569.